The van der Waals surface area contributed by atoms with Gasteiger partial charge in [0.25, 0.3) is 5.91 Å². The van der Waals surface area contributed by atoms with E-state index in [9.17, 15) is 4.79 Å². The predicted octanol–water partition coefficient (Wildman–Crippen LogP) is 2.34. The van der Waals surface area contributed by atoms with Crippen LogP contribution >= 0.6 is 11.3 Å². The molecule has 2 aromatic rings. The van der Waals surface area contributed by atoms with E-state index in [0.29, 0.717) is 16.4 Å². The molecule has 0 fully saturated rings. The van der Waals surface area contributed by atoms with Gasteiger partial charge in [-0.05, 0) is 31.2 Å². The van der Waals surface area contributed by atoms with Crippen molar-refractivity contribution in [1.82, 2.24) is 4.98 Å². The number of carbonyl (C=O) groups excluding carboxylic acids is 1. The summed E-state index contributed by atoms with van der Waals surface area (Å²) in [4.78, 5) is 15.7. The molecule has 2 rings (SSSR count). The average Bonchev–Trinajstić information content (AvgIpc) is 2.82. The Hall–Kier alpha value is -2.39. The molecule has 1 amide bonds. The first-order chi connectivity index (χ1) is 9.17. The minimum Gasteiger partial charge on any atom is -0.484 e. The van der Waals surface area contributed by atoms with E-state index in [4.69, 9.17) is 10.00 Å². The summed E-state index contributed by atoms with van der Waals surface area (Å²) in [5, 5.41) is 13.7. The van der Waals surface area contributed by atoms with E-state index in [1.54, 1.807) is 24.3 Å². The van der Waals surface area contributed by atoms with Crippen molar-refractivity contribution in [3.63, 3.8) is 0 Å². The minimum absolute atomic E-state index is 0.0927. The second-order valence-corrected chi connectivity index (χ2v) is 4.63. The molecule has 1 heterocycles. The van der Waals surface area contributed by atoms with Gasteiger partial charge in [0.2, 0.25) is 0 Å². The van der Waals surface area contributed by atoms with Gasteiger partial charge in [0.1, 0.15) is 5.75 Å². The molecule has 0 aliphatic carbocycles. The maximum Gasteiger partial charge on any atom is 0.264 e. The molecule has 0 aliphatic heterocycles. The van der Waals surface area contributed by atoms with Gasteiger partial charge in [0, 0.05) is 5.38 Å². The first-order valence-corrected chi connectivity index (χ1v) is 6.40. The summed E-state index contributed by atoms with van der Waals surface area (Å²) in [6.07, 6.45) is 0. The lowest BCUT2D eigenvalue weighted by molar-refractivity contribution is -0.118. The van der Waals surface area contributed by atoms with Crippen LogP contribution in [0.1, 0.15) is 11.3 Å². The average molecular weight is 273 g/mol. The van der Waals surface area contributed by atoms with Crippen LogP contribution in [0.3, 0.4) is 0 Å². The molecular formula is C13H11N3O2S. The van der Waals surface area contributed by atoms with Gasteiger partial charge in [0.05, 0.1) is 17.3 Å². The number of carbonyl (C=O) groups is 1. The SMILES string of the molecule is Cc1csc(NC(=O)COc2ccc(C#N)cc2)n1. The van der Waals surface area contributed by atoms with Crippen LogP contribution in [0.15, 0.2) is 29.6 Å². The molecule has 1 N–H and O–H groups in total. The molecule has 1 aromatic carbocycles. The summed E-state index contributed by atoms with van der Waals surface area (Å²) >= 11 is 1.37. The Labute approximate surface area is 114 Å². The van der Waals surface area contributed by atoms with Crippen molar-refractivity contribution in [1.29, 1.82) is 5.26 Å². The van der Waals surface area contributed by atoms with Gasteiger partial charge in [-0.1, -0.05) is 0 Å². The van der Waals surface area contributed by atoms with Crippen LogP contribution in [0, 0.1) is 18.3 Å². The molecule has 1 aromatic heterocycles. The molecule has 0 saturated heterocycles. The van der Waals surface area contributed by atoms with Crippen LogP contribution in [0.5, 0.6) is 5.75 Å². The van der Waals surface area contributed by atoms with Crippen molar-refractivity contribution in [2.45, 2.75) is 6.92 Å². The Morgan fingerprint density at radius 2 is 2.21 bits per heavy atom. The Morgan fingerprint density at radius 3 is 2.79 bits per heavy atom. The van der Waals surface area contributed by atoms with Gasteiger partial charge >= 0.3 is 0 Å². The second kappa shape index (κ2) is 5.98. The van der Waals surface area contributed by atoms with Crippen LogP contribution < -0.4 is 10.1 Å². The van der Waals surface area contributed by atoms with E-state index in [1.807, 2.05) is 18.4 Å². The maximum absolute atomic E-state index is 11.6. The molecule has 5 nitrogen and oxygen atoms in total. The monoisotopic (exact) mass is 273 g/mol. The van der Waals surface area contributed by atoms with Crippen LogP contribution in [0.4, 0.5) is 5.13 Å². The van der Waals surface area contributed by atoms with E-state index >= 15 is 0 Å². The molecule has 0 atom stereocenters. The lowest BCUT2D eigenvalue weighted by Crippen LogP contribution is -2.20. The third-order valence-electron chi connectivity index (χ3n) is 2.22. The number of aryl methyl sites for hydroxylation is 1. The third kappa shape index (κ3) is 3.79. The van der Waals surface area contributed by atoms with E-state index < -0.39 is 0 Å². The highest BCUT2D eigenvalue weighted by Gasteiger charge is 2.06. The summed E-state index contributed by atoms with van der Waals surface area (Å²) in [5.74, 6) is 0.281. The predicted molar refractivity (Wildman–Crippen MR) is 72.1 cm³/mol. The first-order valence-electron chi connectivity index (χ1n) is 5.52. The number of anilines is 1. The van der Waals surface area contributed by atoms with Gasteiger partial charge in [-0.2, -0.15) is 5.26 Å². The third-order valence-corrected chi connectivity index (χ3v) is 3.09. The second-order valence-electron chi connectivity index (χ2n) is 3.77. The zero-order valence-corrected chi connectivity index (χ0v) is 11.0. The van der Waals surface area contributed by atoms with E-state index in [2.05, 4.69) is 10.3 Å². The molecule has 96 valence electrons. The summed E-state index contributed by atoms with van der Waals surface area (Å²) in [6, 6.07) is 8.59. The van der Waals surface area contributed by atoms with Gasteiger partial charge in [0.15, 0.2) is 11.7 Å². The highest BCUT2D eigenvalue weighted by atomic mass is 32.1. The van der Waals surface area contributed by atoms with Crippen molar-refractivity contribution in [3.8, 4) is 11.8 Å². The van der Waals surface area contributed by atoms with Crippen LogP contribution in [-0.4, -0.2) is 17.5 Å². The molecule has 0 saturated carbocycles. The fraction of sp³-hybridized carbons (Fsp3) is 0.154. The molecular weight excluding hydrogens is 262 g/mol. The number of nitrogens with one attached hydrogen (secondary N) is 1. The fourth-order valence-electron chi connectivity index (χ4n) is 1.34. The van der Waals surface area contributed by atoms with E-state index in [-0.39, 0.29) is 12.5 Å². The van der Waals surface area contributed by atoms with Crippen molar-refractivity contribution < 1.29 is 9.53 Å². The number of rotatable bonds is 4. The quantitative estimate of drug-likeness (QED) is 0.927. The summed E-state index contributed by atoms with van der Waals surface area (Å²) < 4.78 is 5.30. The number of hydrogen-bond donors (Lipinski definition) is 1. The standard InChI is InChI=1S/C13H11N3O2S/c1-9-8-19-13(15-9)16-12(17)7-18-11-4-2-10(6-14)3-5-11/h2-5,8H,7H2,1H3,(H,15,16,17). The Balaban J connectivity index is 1.84. The lowest BCUT2D eigenvalue weighted by Gasteiger charge is -2.05. The number of thiazole rings is 1. The zero-order chi connectivity index (χ0) is 13.7. The normalized spacial score (nSPS) is 9.68. The van der Waals surface area contributed by atoms with Crippen molar-refractivity contribution in [3.05, 3.63) is 40.9 Å². The number of amides is 1. The topological polar surface area (TPSA) is 75.0 Å². The molecule has 0 spiro atoms. The number of ether oxygens (including phenoxy) is 1. The highest BCUT2D eigenvalue weighted by molar-refractivity contribution is 7.13. The van der Waals surface area contributed by atoms with Crippen LogP contribution in [-0.2, 0) is 4.79 Å². The smallest absolute Gasteiger partial charge is 0.264 e. The van der Waals surface area contributed by atoms with Crippen LogP contribution in [0.25, 0.3) is 0 Å². The fourth-order valence-corrected chi connectivity index (χ4v) is 2.05. The maximum atomic E-state index is 11.6. The number of aromatic nitrogens is 1. The number of nitriles is 1. The van der Waals surface area contributed by atoms with Crippen molar-refractivity contribution in [2.75, 3.05) is 11.9 Å². The number of nitrogens with zero attached hydrogens (tertiary/aromatic N) is 2. The Morgan fingerprint density at radius 1 is 1.47 bits per heavy atom. The molecule has 19 heavy (non-hydrogen) atoms. The highest BCUT2D eigenvalue weighted by Crippen LogP contribution is 2.15. The largest absolute Gasteiger partial charge is 0.484 e. The first kappa shape index (κ1) is 13.1. The van der Waals surface area contributed by atoms with Gasteiger partial charge in [-0.3, -0.25) is 10.1 Å². The molecule has 0 radical (unpaired) electrons. The van der Waals surface area contributed by atoms with Crippen LogP contribution in [0.2, 0.25) is 0 Å². The van der Waals surface area contributed by atoms with Gasteiger partial charge in [-0.15, -0.1) is 11.3 Å². The Bertz CT molecular complexity index is 614. The molecule has 0 aliphatic rings. The molecule has 0 bridgehead atoms. The summed E-state index contributed by atoms with van der Waals surface area (Å²) in [7, 11) is 0. The Kier molecular flexibility index (Phi) is 4.11. The lowest BCUT2D eigenvalue weighted by atomic mass is 10.2. The van der Waals surface area contributed by atoms with Crippen molar-refractivity contribution >= 4 is 22.4 Å². The zero-order valence-electron chi connectivity index (χ0n) is 10.2. The number of benzene rings is 1. The van der Waals surface area contributed by atoms with Gasteiger partial charge < -0.3 is 4.74 Å². The minimum atomic E-state index is -0.265. The van der Waals surface area contributed by atoms with E-state index in [0.717, 1.165) is 5.69 Å². The summed E-state index contributed by atoms with van der Waals surface area (Å²) in [5.41, 5.74) is 1.42. The van der Waals surface area contributed by atoms with E-state index in [1.165, 1.54) is 11.3 Å². The van der Waals surface area contributed by atoms with Crippen molar-refractivity contribution in [2.24, 2.45) is 0 Å². The van der Waals surface area contributed by atoms with Gasteiger partial charge in [-0.25, -0.2) is 4.98 Å². The molecule has 0 unspecified atom stereocenters. The molecule has 6 heteroatoms. The summed E-state index contributed by atoms with van der Waals surface area (Å²) in [6.45, 7) is 1.77. The number of hydrogen-bond acceptors (Lipinski definition) is 5.